The molecule has 1 heterocycles. The van der Waals surface area contributed by atoms with Gasteiger partial charge in [-0.05, 0) is 31.4 Å². The highest BCUT2D eigenvalue weighted by Crippen LogP contribution is 2.18. The van der Waals surface area contributed by atoms with E-state index in [0.717, 1.165) is 25.4 Å². The third-order valence-corrected chi connectivity index (χ3v) is 3.48. The summed E-state index contributed by atoms with van der Waals surface area (Å²) in [4.78, 5) is 0. The summed E-state index contributed by atoms with van der Waals surface area (Å²) in [5, 5.41) is 0. The Bertz CT molecular complexity index is 306. The molecule has 0 saturated carbocycles. The average Bonchev–Trinajstić information content (AvgIpc) is 2.36. The summed E-state index contributed by atoms with van der Waals surface area (Å²) in [5.74, 6) is 0.986. The number of hydrogen-bond donors (Lipinski definition) is 0. The second-order valence-corrected chi connectivity index (χ2v) is 5.00. The van der Waals surface area contributed by atoms with Crippen LogP contribution in [-0.2, 0) is 4.74 Å². The fourth-order valence-electron chi connectivity index (χ4n) is 2.22. The van der Waals surface area contributed by atoms with Crippen molar-refractivity contribution >= 4 is 0 Å². The fourth-order valence-corrected chi connectivity index (χ4v) is 2.22. The second kappa shape index (κ2) is 8.15. The van der Waals surface area contributed by atoms with Gasteiger partial charge in [0.1, 0.15) is 5.75 Å². The Balaban J connectivity index is 1.37. The van der Waals surface area contributed by atoms with Crippen molar-refractivity contribution in [3.8, 4) is 5.75 Å². The summed E-state index contributed by atoms with van der Waals surface area (Å²) in [6.07, 6.45) is 9.56. The maximum atomic E-state index is 5.66. The van der Waals surface area contributed by atoms with E-state index in [0.29, 0.717) is 6.10 Å². The van der Waals surface area contributed by atoms with Crippen molar-refractivity contribution in [1.82, 2.24) is 0 Å². The molecule has 2 nitrogen and oxygen atoms in total. The van der Waals surface area contributed by atoms with Gasteiger partial charge in [0.2, 0.25) is 0 Å². The van der Waals surface area contributed by atoms with Crippen LogP contribution in [0.15, 0.2) is 30.3 Å². The molecule has 1 aliphatic rings. The molecule has 1 unspecified atom stereocenters. The van der Waals surface area contributed by atoms with Crippen LogP contribution < -0.4 is 4.74 Å². The van der Waals surface area contributed by atoms with E-state index < -0.39 is 0 Å². The average molecular weight is 248 g/mol. The fraction of sp³-hybridized carbons (Fsp3) is 0.625. The molecule has 1 aromatic rings. The molecule has 0 amide bonds. The Kier molecular flexibility index (Phi) is 6.07. The van der Waals surface area contributed by atoms with Gasteiger partial charge >= 0.3 is 0 Å². The van der Waals surface area contributed by atoms with E-state index in [-0.39, 0.29) is 0 Å². The van der Waals surface area contributed by atoms with Crippen LogP contribution in [0.2, 0.25) is 0 Å². The smallest absolute Gasteiger partial charge is 0.119 e. The zero-order valence-corrected chi connectivity index (χ0v) is 11.1. The standard InChI is InChI=1S/C16H24O2/c1(2-5-11-16-12-14-18-16)3-8-13-17-15-9-6-4-7-10-15/h4,6-7,9-10,16H,1-3,5,8,11-14H2. The summed E-state index contributed by atoms with van der Waals surface area (Å²) < 4.78 is 11.1. The molecule has 0 spiro atoms. The monoisotopic (exact) mass is 248 g/mol. The molecule has 0 N–H and O–H groups in total. The van der Waals surface area contributed by atoms with Crippen LogP contribution >= 0.6 is 0 Å². The molecule has 1 aliphatic heterocycles. The van der Waals surface area contributed by atoms with E-state index >= 15 is 0 Å². The zero-order chi connectivity index (χ0) is 12.5. The first-order valence-corrected chi connectivity index (χ1v) is 7.24. The van der Waals surface area contributed by atoms with Gasteiger partial charge in [0.05, 0.1) is 12.7 Å². The normalized spacial score (nSPS) is 18.3. The van der Waals surface area contributed by atoms with Gasteiger partial charge in [0.15, 0.2) is 0 Å². The Morgan fingerprint density at radius 2 is 1.72 bits per heavy atom. The predicted molar refractivity (Wildman–Crippen MR) is 74.0 cm³/mol. The minimum atomic E-state index is 0.589. The van der Waals surface area contributed by atoms with E-state index in [1.54, 1.807) is 0 Å². The number of rotatable bonds is 9. The summed E-state index contributed by atoms with van der Waals surface area (Å²) in [6, 6.07) is 10.1. The van der Waals surface area contributed by atoms with Gasteiger partial charge in [-0.15, -0.1) is 0 Å². The van der Waals surface area contributed by atoms with Crippen LogP contribution in [0.25, 0.3) is 0 Å². The van der Waals surface area contributed by atoms with Crippen molar-refractivity contribution in [1.29, 1.82) is 0 Å². The van der Waals surface area contributed by atoms with E-state index in [1.807, 2.05) is 30.3 Å². The van der Waals surface area contributed by atoms with Crippen molar-refractivity contribution in [2.24, 2.45) is 0 Å². The number of ether oxygens (including phenoxy) is 2. The molecule has 0 aromatic heterocycles. The predicted octanol–water partition coefficient (Wildman–Crippen LogP) is 4.19. The van der Waals surface area contributed by atoms with E-state index in [4.69, 9.17) is 9.47 Å². The van der Waals surface area contributed by atoms with Crippen LogP contribution in [0.5, 0.6) is 5.75 Å². The summed E-state index contributed by atoms with van der Waals surface area (Å²) in [7, 11) is 0. The number of hydrogen-bond acceptors (Lipinski definition) is 2. The van der Waals surface area contributed by atoms with Gasteiger partial charge in [0, 0.05) is 6.61 Å². The highest BCUT2D eigenvalue weighted by Gasteiger charge is 2.16. The first-order valence-electron chi connectivity index (χ1n) is 7.24. The third-order valence-electron chi connectivity index (χ3n) is 3.48. The van der Waals surface area contributed by atoms with Gasteiger partial charge in [0.25, 0.3) is 0 Å². The molecular weight excluding hydrogens is 224 g/mol. The van der Waals surface area contributed by atoms with Crippen molar-refractivity contribution in [2.45, 2.75) is 51.0 Å². The lowest BCUT2D eigenvalue weighted by atomic mass is 10.0. The zero-order valence-electron chi connectivity index (χ0n) is 11.1. The van der Waals surface area contributed by atoms with Crippen LogP contribution in [0.3, 0.4) is 0 Å². The van der Waals surface area contributed by atoms with Crippen LogP contribution in [0.1, 0.15) is 44.9 Å². The lowest BCUT2D eigenvalue weighted by molar-refractivity contribution is -0.0556. The summed E-state index contributed by atoms with van der Waals surface area (Å²) in [5.41, 5.74) is 0. The molecular formula is C16H24O2. The van der Waals surface area contributed by atoms with Crippen LogP contribution in [0, 0.1) is 0 Å². The quantitative estimate of drug-likeness (QED) is 0.610. The van der Waals surface area contributed by atoms with Crippen molar-refractivity contribution in [3.05, 3.63) is 30.3 Å². The van der Waals surface area contributed by atoms with Gasteiger partial charge in [-0.3, -0.25) is 0 Å². The molecule has 100 valence electrons. The third kappa shape index (κ3) is 5.09. The number of unbranched alkanes of at least 4 members (excludes halogenated alkanes) is 4. The van der Waals surface area contributed by atoms with Gasteiger partial charge in [-0.1, -0.05) is 43.9 Å². The van der Waals surface area contributed by atoms with Gasteiger partial charge < -0.3 is 9.47 Å². The molecule has 1 aromatic carbocycles. The Hall–Kier alpha value is -1.02. The molecule has 1 saturated heterocycles. The highest BCUT2D eigenvalue weighted by atomic mass is 16.5. The second-order valence-electron chi connectivity index (χ2n) is 5.00. The Morgan fingerprint density at radius 1 is 1.00 bits per heavy atom. The molecule has 18 heavy (non-hydrogen) atoms. The minimum Gasteiger partial charge on any atom is -0.494 e. The number of para-hydroxylation sites is 1. The first kappa shape index (κ1) is 13.4. The maximum Gasteiger partial charge on any atom is 0.119 e. The lowest BCUT2D eigenvalue weighted by Gasteiger charge is -2.26. The van der Waals surface area contributed by atoms with Crippen LogP contribution in [-0.4, -0.2) is 19.3 Å². The van der Waals surface area contributed by atoms with E-state index in [1.165, 1.54) is 38.5 Å². The summed E-state index contributed by atoms with van der Waals surface area (Å²) >= 11 is 0. The topological polar surface area (TPSA) is 18.5 Å². The molecule has 0 aliphatic carbocycles. The molecule has 1 atom stereocenters. The number of benzene rings is 1. The SMILES string of the molecule is c1ccc(OCCCCCCCC2CCO2)cc1. The van der Waals surface area contributed by atoms with Gasteiger partial charge in [-0.25, -0.2) is 0 Å². The highest BCUT2D eigenvalue weighted by molar-refractivity contribution is 5.20. The molecule has 1 fully saturated rings. The van der Waals surface area contributed by atoms with E-state index in [2.05, 4.69) is 0 Å². The van der Waals surface area contributed by atoms with Crippen molar-refractivity contribution < 1.29 is 9.47 Å². The van der Waals surface area contributed by atoms with E-state index in [9.17, 15) is 0 Å². The summed E-state index contributed by atoms with van der Waals surface area (Å²) in [6.45, 7) is 1.83. The molecule has 0 radical (unpaired) electrons. The lowest BCUT2D eigenvalue weighted by Crippen LogP contribution is -2.26. The minimum absolute atomic E-state index is 0.589. The maximum absolute atomic E-state index is 5.66. The molecule has 2 heteroatoms. The van der Waals surface area contributed by atoms with Gasteiger partial charge in [-0.2, -0.15) is 0 Å². The van der Waals surface area contributed by atoms with Crippen LogP contribution in [0.4, 0.5) is 0 Å². The largest absolute Gasteiger partial charge is 0.494 e. The Labute approximate surface area is 110 Å². The van der Waals surface area contributed by atoms with Crippen molar-refractivity contribution in [3.63, 3.8) is 0 Å². The van der Waals surface area contributed by atoms with Crippen molar-refractivity contribution in [2.75, 3.05) is 13.2 Å². The first-order chi connectivity index (χ1) is 8.95. The molecule has 2 rings (SSSR count). The molecule has 0 bridgehead atoms. The Morgan fingerprint density at radius 3 is 2.44 bits per heavy atom.